The van der Waals surface area contributed by atoms with E-state index in [9.17, 15) is 14.7 Å². The van der Waals surface area contributed by atoms with Crippen molar-refractivity contribution in [3.8, 4) is 5.75 Å². The quantitative estimate of drug-likeness (QED) is 0.640. The largest absolute Gasteiger partial charge is 0.508 e. The zero-order valence-corrected chi connectivity index (χ0v) is 13.8. The van der Waals surface area contributed by atoms with Crippen molar-refractivity contribution in [2.45, 2.75) is 44.9 Å². The van der Waals surface area contributed by atoms with Crippen LogP contribution >= 0.6 is 0 Å². The van der Waals surface area contributed by atoms with E-state index in [2.05, 4.69) is 11.3 Å². The zero-order chi connectivity index (χ0) is 17.1. The fourth-order valence-corrected chi connectivity index (χ4v) is 2.59. The Morgan fingerprint density at radius 3 is 2.74 bits per heavy atom. The van der Waals surface area contributed by atoms with Crippen molar-refractivity contribution in [3.05, 3.63) is 42.5 Å². The predicted octanol–water partition coefficient (Wildman–Crippen LogP) is 3.82. The molecule has 0 aromatic heterocycles. The Labute approximate surface area is 138 Å². The summed E-state index contributed by atoms with van der Waals surface area (Å²) in [7, 11) is 1.38. The predicted molar refractivity (Wildman–Crippen MR) is 90.2 cm³/mol. The summed E-state index contributed by atoms with van der Waals surface area (Å²) in [6.07, 6.45) is 7.50. The molecule has 1 unspecified atom stereocenters. The minimum absolute atomic E-state index is 0.208. The van der Waals surface area contributed by atoms with Crippen LogP contribution in [0.1, 0.15) is 44.1 Å². The lowest BCUT2D eigenvalue weighted by molar-refractivity contribution is -0.140. The second-order valence-corrected chi connectivity index (χ2v) is 5.64. The number of methoxy groups -OCH3 is 1. The van der Waals surface area contributed by atoms with Gasteiger partial charge in [-0.05, 0) is 43.7 Å². The summed E-state index contributed by atoms with van der Waals surface area (Å²) in [5.74, 6) is 0.843. The van der Waals surface area contributed by atoms with E-state index < -0.39 is 0 Å². The standard InChI is InChI=1S/C11H14O3.C8H12O/c1-14-11(13)8-4-6-9-5-2-3-7-10(9)12;1-2-4-7-5-3-6-8(7)9/h2-3,5,7,12H,4,6,8H2,1H3;2,7H,1,3-6H2. The van der Waals surface area contributed by atoms with Gasteiger partial charge in [-0.2, -0.15) is 0 Å². The third-order valence-electron chi connectivity index (χ3n) is 3.93. The number of esters is 1. The highest BCUT2D eigenvalue weighted by atomic mass is 16.5. The monoisotopic (exact) mass is 318 g/mol. The van der Waals surface area contributed by atoms with E-state index in [0.717, 1.165) is 31.2 Å². The van der Waals surface area contributed by atoms with Crippen molar-refractivity contribution in [2.75, 3.05) is 7.11 Å². The molecule has 1 aliphatic rings. The summed E-state index contributed by atoms with van der Waals surface area (Å²) in [5, 5.41) is 9.42. The zero-order valence-electron chi connectivity index (χ0n) is 13.8. The molecule has 0 radical (unpaired) electrons. The van der Waals surface area contributed by atoms with Crippen molar-refractivity contribution >= 4 is 11.8 Å². The van der Waals surface area contributed by atoms with Crippen molar-refractivity contribution in [3.63, 3.8) is 0 Å². The number of aryl methyl sites for hydroxylation is 1. The van der Waals surface area contributed by atoms with E-state index in [1.165, 1.54) is 7.11 Å². The van der Waals surface area contributed by atoms with E-state index in [1.54, 1.807) is 12.1 Å². The summed E-state index contributed by atoms with van der Waals surface area (Å²) in [6.45, 7) is 3.61. The number of ether oxygens (including phenoxy) is 1. The summed E-state index contributed by atoms with van der Waals surface area (Å²) < 4.78 is 4.52. The van der Waals surface area contributed by atoms with Crippen LogP contribution in [0.5, 0.6) is 5.75 Å². The van der Waals surface area contributed by atoms with Crippen molar-refractivity contribution < 1.29 is 19.4 Å². The number of allylic oxidation sites excluding steroid dienone is 1. The molecule has 0 amide bonds. The van der Waals surface area contributed by atoms with Gasteiger partial charge in [0.15, 0.2) is 0 Å². The molecule has 1 saturated carbocycles. The molecule has 0 spiro atoms. The van der Waals surface area contributed by atoms with Crippen LogP contribution in [0.4, 0.5) is 0 Å². The maximum Gasteiger partial charge on any atom is 0.305 e. The van der Waals surface area contributed by atoms with Crippen LogP contribution in [0.15, 0.2) is 36.9 Å². The molecule has 0 saturated heterocycles. The molecule has 1 atom stereocenters. The van der Waals surface area contributed by atoms with Crippen LogP contribution < -0.4 is 0 Å². The number of phenolic OH excluding ortho intramolecular Hbond substituents is 1. The second kappa shape index (κ2) is 10.6. The molecule has 0 heterocycles. The number of aromatic hydroxyl groups is 1. The molecule has 1 N–H and O–H groups in total. The maximum absolute atomic E-state index is 10.9. The number of para-hydroxylation sites is 1. The minimum Gasteiger partial charge on any atom is -0.508 e. The molecule has 4 nitrogen and oxygen atoms in total. The molecule has 0 bridgehead atoms. The number of Topliss-reactive ketones (excluding diaryl/α,β-unsaturated/α-hetero) is 1. The lowest BCUT2D eigenvalue weighted by Crippen LogP contribution is -2.03. The lowest BCUT2D eigenvalue weighted by Gasteiger charge is -2.02. The Morgan fingerprint density at radius 1 is 1.43 bits per heavy atom. The van der Waals surface area contributed by atoms with E-state index in [-0.39, 0.29) is 11.7 Å². The summed E-state index contributed by atoms with van der Waals surface area (Å²) in [5.41, 5.74) is 0.872. The number of rotatable bonds is 6. The van der Waals surface area contributed by atoms with Gasteiger partial charge in [-0.3, -0.25) is 9.59 Å². The first-order valence-corrected chi connectivity index (χ1v) is 8.05. The number of hydrogen-bond acceptors (Lipinski definition) is 4. The van der Waals surface area contributed by atoms with Crippen LogP contribution in [-0.4, -0.2) is 24.0 Å². The van der Waals surface area contributed by atoms with Gasteiger partial charge < -0.3 is 9.84 Å². The highest BCUT2D eigenvalue weighted by molar-refractivity contribution is 5.82. The first-order chi connectivity index (χ1) is 11.1. The van der Waals surface area contributed by atoms with Crippen LogP contribution in [0.25, 0.3) is 0 Å². The highest BCUT2D eigenvalue weighted by Crippen LogP contribution is 2.24. The SMILES string of the molecule is C=CCC1CCCC1=O.COC(=O)CCCc1ccccc1O. The van der Waals surface area contributed by atoms with Crippen LogP contribution in [-0.2, 0) is 20.7 Å². The third-order valence-corrected chi connectivity index (χ3v) is 3.93. The van der Waals surface area contributed by atoms with Crippen molar-refractivity contribution in [1.82, 2.24) is 0 Å². The Kier molecular flexibility index (Phi) is 8.73. The van der Waals surface area contributed by atoms with Gasteiger partial charge in [0.1, 0.15) is 11.5 Å². The van der Waals surface area contributed by atoms with E-state index in [1.807, 2.05) is 18.2 Å². The summed E-state index contributed by atoms with van der Waals surface area (Å²) in [6, 6.07) is 7.15. The third kappa shape index (κ3) is 7.13. The molecular weight excluding hydrogens is 292 g/mol. The van der Waals surface area contributed by atoms with Gasteiger partial charge in [-0.1, -0.05) is 24.3 Å². The van der Waals surface area contributed by atoms with E-state index >= 15 is 0 Å². The Balaban J connectivity index is 0.000000253. The Hall–Kier alpha value is -2.10. The molecule has 1 aromatic rings. The summed E-state index contributed by atoms with van der Waals surface area (Å²) in [4.78, 5) is 21.7. The van der Waals surface area contributed by atoms with Crippen LogP contribution in [0.2, 0.25) is 0 Å². The number of hydrogen-bond donors (Lipinski definition) is 1. The van der Waals surface area contributed by atoms with Crippen molar-refractivity contribution in [1.29, 1.82) is 0 Å². The van der Waals surface area contributed by atoms with E-state index in [0.29, 0.717) is 31.0 Å². The molecule has 2 rings (SSSR count). The average molecular weight is 318 g/mol. The lowest BCUT2D eigenvalue weighted by atomic mass is 10.0. The molecule has 1 aromatic carbocycles. The van der Waals surface area contributed by atoms with Gasteiger partial charge in [0.25, 0.3) is 0 Å². The average Bonchev–Trinajstić information content (AvgIpc) is 2.95. The van der Waals surface area contributed by atoms with E-state index in [4.69, 9.17) is 0 Å². The fourth-order valence-electron chi connectivity index (χ4n) is 2.59. The maximum atomic E-state index is 10.9. The van der Waals surface area contributed by atoms with Gasteiger partial charge in [-0.25, -0.2) is 0 Å². The number of phenols is 1. The fraction of sp³-hybridized carbons (Fsp3) is 0.474. The van der Waals surface area contributed by atoms with Crippen molar-refractivity contribution in [2.24, 2.45) is 5.92 Å². The van der Waals surface area contributed by atoms with Gasteiger partial charge >= 0.3 is 5.97 Å². The van der Waals surface area contributed by atoms with Gasteiger partial charge in [0, 0.05) is 18.8 Å². The second-order valence-electron chi connectivity index (χ2n) is 5.64. The van der Waals surface area contributed by atoms with Gasteiger partial charge in [0.2, 0.25) is 0 Å². The number of benzene rings is 1. The van der Waals surface area contributed by atoms with Gasteiger partial charge in [0.05, 0.1) is 7.11 Å². The normalized spacial score (nSPS) is 16.4. The summed E-state index contributed by atoms with van der Waals surface area (Å²) >= 11 is 0. The molecule has 126 valence electrons. The first kappa shape index (κ1) is 18.9. The number of carbonyl (C=O) groups excluding carboxylic acids is 2. The molecule has 1 aliphatic carbocycles. The number of carbonyl (C=O) groups is 2. The smallest absolute Gasteiger partial charge is 0.305 e. The van der Waals surface area contributed by atoms with Crippen LogP contribution in [0.3, 0.4) is 0 Å². The Morgan fingerprint density at radius 2 is 2.17 bits per heavy atom. The number of ketones is 1. The first-order valence-electron chi connectivity index (χ1n) is 8.05. The molecular formula is C19H26O4. The Bertz CT molecular complexity index is 522. The van der Waals surface area contributed by atoms with Crippen LogP contribution in [0, 0.1) is 5.92 Å². The molecule has 23 heavy (non-hydrogen) atoms. The van der Waals surface area contributed by atoms with Gasteiger partial charge in [-0.15, -0.1) is 6.58 Å². The molecule has 0 aliphatic heterocycles. The molecule has 4 heteroatoms. The topological polar surface area (TPSA) is 63.6 Å². The molecule has 1 fully saturated rings. The minimum atomic E-state index is -0.208. The highest BCUT2D eigenvalue weighted by Gasteiger charge is 2.22.